The van der Waals surface area contributed by atoms with Crippen molar-refractivity contribution in [1.82, 2.24) is 0 Å². The first-order valence-corrected chi connectivity index (χ1v) is 6.15. The monoisotopic (exact) mass is 227 g/mol. The molecule has 0 aliphatic heterocycles. The largest absolute Gasteiger partial charge is 0.449 e. The van der Waals surface area contributed by atoms with E-state index in [0.29, 0.717) is 13.2 Å². The molecule has 15 heavy (non-hydrogen) atoms. The van der Waals surface area contributed by atoms with Crippen LogP contribution in [0.15, 0.2) is 17.5 Å². The van der Waals surface area contributed by atoms with Crippen molar-refractivity contribution in [2.24, 2.45) is 0 Å². The Morgan fingerprint density at radius 2 is 2.27 bits per heavy atom. The molecule has 0 aliphatic carbocycles. The first kappa shape index (κ1) is 12.0. The van der Waals surface area contributed by atoms with E-state index in [1.165, 1.54) is 0 Å². The number of amides is 1. The maximum atomic E-state index is 11.7. The van der Waals surface area contributed by atoms with Crippen LogP contribution >= 0.6 is 11.3 Å². The van der Waals surface area contributed by atoms with E-state index in [1.807, 2.05) is 31.4 Å². The van der Waals surface area contributed by atoms with E-state index in [-0.39, 0.29) is 6.09 Å². The highest BCUT2D eigenvalue weighted by Gasteiger charge is 2.16. The standard InChI is InChI=1S/C11H17NO2S/c1-3-7-12(10-6-5-9-15-10)11(13)14-8-4-2/h5-6,9H,3-4,7-8H2,1-2H3. The van der Waals surface area contributed by atoms with Crippen molar-refractivity contribution < 1.29 is 9.53 Å². The number of thiophene rings is 1. The van der Waals surface area contributed by atoms with Crippen molar-refractivity contribution in [3.05, 3.63) is 17.5 Å². The van der Waals surface area contributed by atoms with Gasteiger partial charge < -0.3 is 4.74 Å². The average molecular weight is 227 g/mol. The van der Waals surface area contributed by atoms with Crippen molar-refractivity contribution in [3.8, 4) is 0 Å². The van der Waals surface area contributed by atoms with E-state index in [9.17, 15) is 4.79 Å². The van der Waals surface area contributed by atoms with Gasteiger partial charge >= 0.3 is 6.09 Å². The molecule has 0 saturated heterocycles. The lowest BCUT2D eigenvalue weighted by Crippen LogP contribution is -2.31. The zero-order valence-corrected chi connectivity index (χ0v) is 10.0. The third-order valence-electron chi connectivity index (χ3n) is 1.87. The van der Waals surface area contributed by atoms with Crippen LogP contribution in [-0.2, 0) is 4.74 Å². The van der Waals surface area contributed by atoms with Gasteiger partial charge in [-0.05, 0) is 30.4 Å². The summed E-state index contributed by atoms with van der Waals surface area (Å²) < 4.78 is 5.12. The summed E-state index contributed by atoms with van der Waals surface area (Å²) in [7, 11) is 0. The summed E-state index contributed by atoms with van der Waals surface area (Å²) in [4.78, 5) is 13.4. The minimum atomic E-state index is -0.235. The van der Waals surface area contributed by atoms with Crippen LogP contribution in [0, 0.1) is 0 Å². The molecule has 0 aromatic carbocycles. The van der Waals surface area contributed by atoms with Crippen molar-refractivity contribution in [2.45, 2.75) is 26.7 Å². The number of carbonyl (C=O) groups excluding carboxylic acids is 1. The van der Waals surface area contributed by atoms with Gasteiger partial charge in [0.15, 0.2) is 0 Å². The van der Waals surface area contributed by atoms with E-state index in [1.54, 1.807) is 16.2 Å². The van der Waals surface area contributed by atoms with E-state index in [0.717, 1.165) is 17.8 Å². The van der Waals surface area contributed by atoms with E-state index in [4.69, 9.17) is 4.74 Å². The molecule has 0 atom stereocenters. The second kappa shape index (κ2) is 6.45. The van der Waals surface area contributed by atoms with Gasteiger partial charge in [-0.1, -0.05) is 13.8 Å². The van der Waals surface area contributed by atoms with Gasteiger partial charge in [-0.25, -0.2) is 4.79 Å². The van der Waals surface area contributed by atoms with Gasteiger partial charge in [-0.15, -0.1) is 11.3 Å². The summed E-state index contributed by atoms with van der Waals surface area (Å²) in [5.41, 5.74) is 0. The number of rotatable bonds is 5. The molecule has 0 saturated carbocycles. The Labute approximate surface area is 94.7 Å². The van der Waals surface area contributed by atoms with Crippen molar-refractivity contribution >= 4 is 22.4 Å². The molecule has 0 bridgehead atoms. The third-order valence-corrected chi connectivity index (χ3v) is 2.76. The lowest BCUT2D eigenvalue weighted by Gasteiger charge is -2.19. The maximum absolute atomic E-state index is 11.7. The summed E-state index contributed by atoms with van der Waals surface area (Å²) in [5, 5.41) is 2.92. The second-order valence-electron chi connectivity index (χ2n) is 3.22. The zero-order valence-electron chi connectivity index (χ0n) is 9.23. The molecular formula is C11H17NO2S. The summed E-state index contributed by atoms with van der Waals surface area (Å²) >= 11 is 1.56. The Kier molecular flexibility index (Phi) is 5.18. The minimum absolute atomic E-state index is 0.235. The number of anilines is 1. The fraction of sp³-hybridized carbons (Fsp3) is 0.545. The lowest BCUT2D eigenvalue weighted by molar-refractivity contribution is 0.154. The molecule has 0 spiro atoms. The number of carbonyl (C=O) groups is 1. The highest BCUT2D eigenvalue weighted by molar-refractivity contribution is 7.14. The summed E-state index contributed by atoms with van der Waals surface area (Å²) in [6.07, 6.45) is 1.55. The summed E-state index contributed by atoms with van der Waals surface area (Å²) in [6, 6.07) is 3.88. The average Bonchev–Trinajstić information content (AvgIpc) is 2.75. The Morgan fingerprint density at radius 1 is 1.47 bits per heavy atom. The molecule has 84 valence electrons. The molecule has 1 rings (SSSR count). The second-order valence-corrected chi connectivity index (χ2v) is 4.14. The van der Waals surface area contributed by atoms with Gasteiger partial charge in [-0.3, -0.25) is 4.90 Å². The van der Waals surface area contributed by atoms with Crippen LogP contribution in [0.2, 0.25) is 0 Å². The molecule has 0 aliphatic rings. The van der Waals surface area contributed by atoms with Crippen LogP contribution in [0.5, 0.6) is 0 Å². The Bertz CT molecular complexity index is 285. The van der Waals surface area contributed by atoms with E-state index >= 15 is 0 Å². The molecule has 1 amide bonds. The van der Waals surface area contributed by atoms with Crippen LogP contribution < -0.4 is 4.90 Å². The van der Waals surface area contributed by atoms with Crippen molar-refractivity contribution in [2.75, 3.05) is 18.1 Å². The van der Waals surface area contributed by atoms with Gasteiger partial charge in [0.05, 0.1) is 6.61 Å². The number of hydrogen-bond donors (Lipinski definition) is 0. The third kappa shape index (κ3) is 3.55. The Balaban J connectivity index is 2.61. The molecule has 1 aromatic rings. The molecule has 3 nitrogen and oxygen atoms in total. The van der Waals surface area contributed by atoms with Gasteiger partial charge in [0.2, 0.25) is 0 Å². The van der Waals surface area contributed by atoms with Crippen LogP contribution in [0.3, 0.4) is 0 Å². The lowest BCUT2D eigenvalue weighted by atomic mass is 10.4. The molecule has 1 heterocycles. The van der Waals surface area contributed by atoms with E-state index < -0.39 is 0 Å². The fourth-order valence-electron chi connectivity index (χ4n) is 1.21. The molecule has 0 N–H and O–H groups in total. The zero-order chi connectivity index (χ0) is 11.1. The van der Waals surface area contributed by atoms with Crippen molar-refractivity contribution in [3.63, 3.8) is 0 Å². The number of nitrogens with zero attached hydrogens (tertiary/aromatic N) is 1. The quantitative estimate of drug-likeness (QED) is 0.770. The summed E-state index contributed by atoms with van der Waals surface area (Å²) in [6.45, 7) is 5.24. The van der Waals surface area contributed by atoms with Gasteiger partial charge in [0.25, 0.3) is 0 Å². The molecule has 0 fully saturated rings. The summed E-state index contributed by atoms with van der Waals surface area (Å²) in [5.74, 6) is 0. The minimum Gasteiger partial charge on any atom is -0.449 e. The topological polar surface area (TPSA) is 29.5 Å². The van der Waals surface area contributed by atoms with Crippen LogP contribution in [-0.4, -0.2) is 19.2 Å². The Hall–Kier alpha value is -1.03. The Morgan fingerprint density at radius 3 is 2.80 bits per heavy atom. The fourth-order valence-corrected chi connectivity index (χ4v) is 1.95. The molecule has 0 radical (unpaired) electrons. The van der Waals surface area contributed by atoms with Gasteiger partial charge in [0, 0.05) is 6.54 Å². The van der Waals surface area contributed by atoms with Gasteiger partial charge in [0.1, 0.15) is 5.00 Å². The maximum Gasteiger partial charge on any atom is 0.414 e. The predicted octanol–water partition coefficient (Wildman–Crippen LogP) is 3.51. The van der Waals surface area contributed by atoms with Gasteiger partial charge in [-0.2, -0.15) is 0 Å². The number of hydrogen-bond acceptors (Lipinski definition) is 3. The van der Waals surface area contributed by atoms with Crippen LogP contribution in [0.4, 0.5) is 9.80 Å². The van der Waals surface area contributed by atoms with E-state index in [2.05, 4.69) is 0 Å². The van der Waals surface area contributed by atoms with Crippen LogP contribution in [0.1, 0.15) is 26.7 Å². The highest BCUT2D eigenvalue weighted by Crippen LogP contribution is 2.22. The normalized spacial score (nSPS) is 10.0. The molecule has 1 aromatic heterocycles. The molecular weight excluding hydrogens is 210 g/mol. The SMILES string of the molecule is CCCOC(=O)N(CCC)c1cccs1. The van der Waals surface area contributed by atoms with Crippen LogP contribution in [0.25, 0.3) is 0 Å². The molecule has 0 unspecified atom stereocenters. The first-order valence-electron chi connectivity index (χ1n) is 5.27. The smallest absolute Gasteiger partial charge is 0.414 e. The molecule has 4 heteroatoms. The number of ether oxygens (including phenoxy) is 1. The highest BCUT2D eigenvalue weighted by atomic mass is 32.1. The first-order chi connectivity index (χ1) is 7.29. The van der Waals surface area contributed by atoms with Crippen molar-refractivity contribution in [1.29, 1.82) is 0 Å². The predicted molar refractivity (Wildman–Crippen MR) is 63.6 cm³/mol.